The molecule has 0 unspecified atom stereocenters. The number of benzene rings is 2. The van der Waals surface area contributed by atoms with Gasteiger partial charge in [0.25, 0.3) is 0 Å². The summed E-state index contributed by atoms with van der Waals surface area (Å²) in [7, 11) is 0. The Hall–Kier alpha value is -1.85. The number of halogens is 2. The van der Waals surface area contributed by atoms with E-state index in [2.05, 4.69) is 21.2 Å². The molecule has 0 bridgehead atoms. The van der Waals surface area contributed by atoms with Crippen LogP contribution in [0.4, 0.5) is 11.4 Å². The first-order chi connectivity index (χ1) is 11.0. The SMILES string of the molecule is CC(=O)N(CCC(=O)Nc1cccc(Cl)c1)c1ccc(Br)cc1. The second kappa shape index (κ2) is 8.13. The third-order valence-electron chi connectivity index (χ3n) is 3.19. The van der Waals surface area contributed by atoms with E-state index in [9.17, 15) is 9.59 Å². The van der Waals surface area contributed by atoms with Crippen LogP contribution in [-0.2, 0) is 9.59 Å². The largest absolute Gasteiger partial charge is 0.326 e. The number of anilines is 2. The molecule has 120 valence electrons. The van der Waals surface area contributed by atoms with Crippen LogP contribution < -0.4 is 10.2 Å². The molecule has 2 aromatic rings. The minimum absolute atomic E-state index is 0.108. The summed E-state index contributed by atoms with van der Waals surface area (Å²) in [6, 6.07) is 14.3. The number of rotatable bonds is 5. The van der Waals surface area contributed by atoms with Crippen LogP contribution in [0.3, 0.4) is 0 Å². The van der Waals surface area contributed by atoms with Gasteiger partial charge < -0.3 is 10.2 Å². The predicted molar refractivity (Wildman–Crippen MR) is 96.9 cm³/mol. The summed E-state index contributed by atoms with van der Waals surface area (Å²) in [6.45, 7) is 1.79. The van der Waals surface area contributed by atoms with Crippen LogP contribution in [-0.4, -0.2) is 18.4 Å². The number of nitrogens with zero attached hydrogens (tertiary/aromatic N) is 1. The average Bonchev–Trinajstić information content (AvgIpc) is 2.49. The molecule has 0 saturated carbocycles. The van der Waals surface area contributed by atoms with Crippen LogP contribution in [0, 0.1) is 0 Å². The lowest BCUT2D eigenvalue weighted by Gasteiger charge is -2.21. The zero-order valence-electron chi connectivity index (χ0n) is 12.6. The first-order valence-electron chi connectivity index (χ1n) is 7.05. The summed E-state index contributed by atoms with van der Waals surface area (Å²) in [5, 5.41) is 3.33. The van der Waals surface area contributed by atoms with Gasteiger partial charge in [0.05, 0.1) is 0 Å². The lowest BCUT2D eigenvalue weighted by molar-refractivity contribution is -0.117. The Labute approximate surface area is 148 Å². The van der Waals surface area contributed by atoms with E-state index in [1.54, 1.807) is 29.2 Å². The Morgan fingerprint density at radius 2 is 1.87 bits per heavy atom. The van der Waals surface area contributed by atoms with Crippen LogP contribution in [0.25, 0.3) is 0 Å². The number of amides is 2. The van der Waals surface area contributed by atoms with Gasteiger partial charge in [-0.05, 0) is 42.5 Å². The fourth-order valence-corrected chi connectivity index (χ4v) is 2.55. The first kappa shape index (κ1) is 17.5. The predicted octanol–water partition coefficient (Wildman–Crippen LogP) is 4.48. The molecule has 2 amide bonds. The molecule has 0 aliphatic rings. The maximum absolute atomic E-state index is 12.0. The Balaban J connectivity index is 1.97. The summed E-state index contributed by atoms with van der Waals surface area (Å²) in [4.78, 5) is 25.4. The van der Waals surface area contributed by atoms with Crippen LogP contribution in [0.15, 0.2) is 53.0 Å². The molecule has 0 atom stereocenters. The fraction of sp³-hybridized carbons (Fsp3) is 0.176. The molecule has 0 spiro atoms. The molecule has 0 aromatic heterocycles. The van der Waals surface area contributed by atoms with E-state index in [-0.39, 0.29) is 18.2 Å². The minimum atomic E-state index is -0.171. The van der Waals surface area contributed by atoms with Gasteiger partial charge >= 0.3 is 0 Å². The molecule has 0 saturated heterocycles. The topological polar surface area (TPSA) is 49.4 Å². The van der Waals surface area contributed by atoms with Crippen LogP contribution in [0.1, 0.15) is 13.3 Å². The molecular weight excluding hydrogens is 380 g/mol. The third kappa shape index (κ3) is 5.37. The van der Waals surface area contributed by atoms with E-state index in [1.807, 2.05) is 24.3 Å². The Kier molecular flexibility index (Phi) is 6.19. The Bertz CT molecular complexity index is 704. The number of nitrogens with one attached hydrogen (secondary N) is 1. The number of carbonyl (C=O) groups excluding carboxylic acids is 2. The molecule has 0 aliphatic carbocycles. The molecule has 0 aliphatic heterocycles. The van der Waals surface area contributed by atoms with Crippen molar-refractivity contribution >= 4 is 50.7 Å². The summed E-state index contributed by atoms with van der Waals surface area (Å²) >= 11 is 9.24. The normalized spacial score (nSPS) is 10.2. The van der Waals surface area contributed by atoms with Crippen LogP contribution in [0.2, 0.25) is 5.02 Å². The van der Waals surface area contributed by atoms with Crippen LogP contribution in [0.5, 0.6) is 0 Å². The minimum Gasteiger partial charge on any atom is -0.326 e. The van der Waals surface area contributed by atoms with Crippen molar-refractivity contribution in [3.05, 3.63) is 58.0 Å². The van der Waals surface area contributed by atoms with Crippen molar-refractivity contribution in [3.8, 4) is 0 Å². The smallest absolute Gasteiger partial charge is 0.226 e. The molecule has 6 heteroatoms. The number of carbonyl (C=O) groups is 2. The number of hydrogen-bond acceptors (Lipinski definition) is 2. The molecule has 0 heterocycles. The zero-order valence-corrected chi connectivity index (χ0v) is 14.9. The Morgan fingerprint density at radius 3 is 2.48 bits per heavy atom. The molecule has 23 heavy (non-hydrogen) atoms. The van der Waals surface area contributed by atoms with Gasteiger partial charge in [-0.1, -0.05) is 33.6 Å². The van der Waals surface area contributed by atoms with Gasteiger partial charge in [-0.25, -0.2) is 0 Å². The molecule has 4 nitrogen and oxygen atoms in total. The monoisotopic (exact) mass is 394 g/mol. The number of hydrogen-bond donors (Lipinski definition) is 1. The van der Waals surface area contributed by atoms with Gasteiger partial charge in [0, 0.05) is 40.8 Å². The molecule has 2 aromatic carbocycles. The van der Waals surface area contributed by atoms with Crippen molar-refractivity contribution in [1.82, 2.24) is 0 Å². The zero-order chi connectivity index (χ0) is 16.8. The van der Waals surface area contributed by atoms with E-state index in [0.717, 1.165) is 10.2 Å². The molecule has 2 rings (SSSR count). The van der Waals surface area contributed by atoms with Gasteiger partial charge in [0.1, 0.15) is 0 Å². The first-order valence-corrected chi connectivity index (χ1v) is 8.22. The van der Waals surface area contributed by atoms with Crippen molar-refractivity contribution in [2.24, 2.45) is 0 Å². The van der Waals surface area contributed by atoms with Crippen molar-refractivity contribution < 1.29 is 9.59 Å². The molecular formula is C17H16BrClN2O2. The fourth-order valence-electron chi connectivity index (χ4n) is 2.09. The Morgan fingerprint density at radius 1 is 1.17 bits per heavy atom. The molecule has 0 fully saturated rings. The highest BCUT2D eigenvalue weighted by atomic mass is 79.9. The van der Waals surface area contributed by atoms with Gasteiger partial charge in [0.2, 0.25) is 11.8 Å². The molecule has 0 radical (unpaired) electrons. The van der Waals surface area contributed by atoms with Gasteiger partial charge in [-0.15, -0.1) is 0 Å². The lowest BCUT2D eigenvalue weighted by Crippen LogP contribution is -2.31. The second-order valence-corrected chi connectivity index (χ2v) is 6.31. The van der Waals surface area contributed by atoms with Crippen LogP contribution >= 0.6 is 27.5 Å². The summed E-state index contributed by atoms with van der Waals surface area (Å²) in [5.74, 6) is -0.279. The van der Waals surface area contributed by atoms with Crippen molar-refractivity contribution in [2.45, 2.75) is 13.3 Å². The standard InChI is InChI=1S/C17H16BrClN2O2/c1-12(22)21(16-7-5-13(18)6-8-16)10-9-17(23)20-15-4-2-3-14(19)11-15/h2-8,11H,9-10H2,1H3,(H,20,23). The quantitative estimate of drug-likeness (QED) is 0.811. The van der Waals surface area contributed by atoms with E-state index < -0.39 is 0 Å². The van der Waals surface area contributed by atoms with Crippen molar-refractivity contribution in [2.75, 3.05) is 16.8 Å². The highest BCUT2D eigenvalue weighted by Gasteiger charge is 2.13. The van der Waals surface area contributed by atoms with E-state index in [0.29, 0.717) is 17.3 Å². The third-order valence-corrected chi connectivity index (χ3v) is 3.95. The lowest BCUT2D eigenvalue weighted by atomic mass is 10.2. The summed E-state index contributed by atoms with van der Waals surface area (Å²) in [5.41, 5.74) is 1.40. The van der Waals surface area contributed by atoms with E-state index >= 15 is 0 Å². The van der Waals surface area contributed by atoms with Gasteiger partial charge in [-0.2, -0.15) is 0 Å². The van der Waals surface area contributed by atoms with E-state index in [4.69, 9.17) is 11.6 Å². The average molecular weight is 396 g/mol. The van der Waals surface area contributed by atoms with Crippen molar-refractivity contribution in [1.29, 1.82) is 0 Å². The van der Waals surface area contributed by atoms with Gasteiger partial charge in [0.15, 0.2) is 0 Å². The van der Waals surface area contributed by atoms with Crippen molar-refractivity contribution in [3.63, 3.8) is 0 Å². The highest BCUT2D eigenvalue weighted by molar-refractivity contribution is 9.10. The molecule has 1 N–H and O–H groups in total. The maximum Gasteiger partial charge on any atom is 0.226 e. The summed E-state index contributed by atoms with van der Waals surface area (Å²) < 4.78 is 0.934. The summed E-state index contributed by atoms with van der Waals surface area (Å²) in [6.07, 6.45) is 0.197. The second-order valence-electron chi connectivity index (χ2n) is 4.96. The van der Waals surface area contributed by atoms with Gasteiger partial charge in [-0.3, -0.25) is 9.59 Å². The highest BCUT2D eigenvalue weighted by Crippen LogP contribution is 2.19. The maximum atomic E-state index is 12.0. The van der Waals surface area contributed by atoms with E-state index in [1.165, 1.54) is 6.92 Å².